The molecule has 1 heterocycles. The predicted octanol–water partition coefficient (Wildman–Crippen LogP) is 4.12. The van der Waals surface area contributed by atoms with Gasteiger partial charge in [-0.05, 0) is 30.0 Å². The highest BCUT2D eigenvalue weighted by molar-refractivity contribution is 5.91. The molecule has 3 heteroatoms. The van der Waals surface area contributed by atoms with Crippen LogP contribution < -0.4 is 10.1 Å². The number of aromatic nitrogens is 1. The zero-order valence-electron chi connectivity index (χ0n) is 11.8. The first-order valence-corrected chi connectivity index (χ1v) is 7.19. The Hall–Kier alpha value is -2.55. The SMILES string of the molecule is c1ccc(OCCCNc2nccc3ccccc23)cc1. The number of benzene rings is 2. The minimum Gasteiger partial charge on any atom is -0.494 e. The largest absolute Gasteiger partial charge is 0.494 e. The molecule has 0 aliphatic heterocycles. The highest BCUT2D eigenvalue weighted by Gasteiger charge is 2.00. The normalized spacial score (nSPS) is 10.5. The summed E-state index contributed by atoms with van der Waals surface area (Å²) in [4.78, 5) is 4.41. The van der Waals surface area contributed by atoms with E-state index in [0.717, 1.165) is 29.9 Å². The van der Waals surface area contributed by atoms with Crippen LogP contribution in [0.15, 0.2) is 66.9 Å². The predicted molar refractivity (Wildman–Crippen MR) is 86.8 cm³/mol. The number of ether oxygens (including phenoxy) is 1. The number of nitrogens with zero attached hydrogens (tertiary/aromatic N) is 1. The highest BCUT2D eigenvalue weighted by Crippen LogP contribution is 2.20. The third-order valence-corrected chi connectivity index (χ3v) is 3.30. The van der Waals surface area contributed by atoms with Gasteiger partial charge in [0.25, 0.3) is 0 Å². The third-order valence-electron chi connectivity index (χ3n) is 3.30. The van der Waals surface area contributed by atoms with E-state index in [-0.39, 0.29) is 0 Å². The summed E-state index contributed by atoms with van der Waals surface area (Å²) < 4.78 is 5.67. The summed E-state index contributed by atoms with van der Waals surface area (Å²) in [5, 5.41) is 5.74. The first-order chi connectivity index (χ1) is 10.4. The van der Waals surface area contributed by atoms with Crippen LogP contribution in [0.25, 0.3) is 10.8 Å². The van der Waals surface area contributed by atoms with E-state index in [2.05, 4.69) is 22.4 Å². The molecule has 0 saturated carbocycles. The molecule has 0 amide bonds. The highest BCUT2D eigenvalue weighted by atomic mass is 16.5. The average molecular weight is 278 g/mol. The van der Waals surface area contributed by atoms with E-state index in [1.165, 1.54) is 5.39 Å². The molecule has 0 bridgehead atoms. The van der Waals surface area contributed by atoms with Crippen molar-refractivity contribution in [2.75, 3.05) is 18.5 Å². The minimum atomic E-state index is 0.696. The molecule has 3 rings (SSSR count). The number of hydrogen-bond donors (Lipinski definition) is 1. The molecule has 0 fully saturated rings. The van der Waals surface area contributed by atoms with E-state index < -0.39 is 0 Å². The number of nitrogens with one attached hydrogen (secondary N) is 1. The second-order valence-corrected chi connectivity index (χ2v) is 4.82. The standard InChI is InChI=1S/C18H18N2O/c1-2-8-16(9-3-1)21-14-6-12-19-18-17-10-5-4-7-15(17)11-13-20-18/h1-5,7-11,13H,6,12,14H2,(H,19,20). The quantitative estimate of drug-likeness (QED) is 0.689. The molecule has 3 aromatic rings. The lowest BCUT2D eigenvalue weighted by Gasteiger charge is -2.09. The summed E-state index contributed by atoms with van der Waals surface area (Å²) in [5.41, 5.74) is 0. The monoisotopic (exact) mass is 278 g/mol. The molecule has 1 aromatic heterocycles. The molecule has 0 aliphatic rings. The van der Waals surface area contributed by atoms with Gasteiger partial charge in [0.05, 0.1) is 6.61 Å². The van der Waals surface area contributed by atoms with Crippen LogP contribution in [0.1, 0.15) is 6.42 Å². The summed E-state index contributed by atoms with van der Waals surface area (Å²) >= 11 is 0. The van der Waals surface area contributed by atoms with Gasteiger partial charge in [0.2, 0.25) is 0 Å². The van der Waals surface area contributed by atoms with Crippen LogP contribution in [0.3, 0.4) is 0 Å². The van der Waals surface area contributed by atoms with E-state index in [1.807, 2.05) is 54.7 Å². The molecule has 0 aliphatic carbocycles. The molecule has 0 saturated heterocycles. The van der Waals surface area contributed by atoms with Crippen LogP contribution in [0, 0.1) is 0 Å². The maximum absolute atomic E-state index is 5.67. The summed E-state index contributed by atoms with van der Waals surface area (Å²) in [7, 11) is 0. The number of pyridine rings is 1. The van der Waals surface area contributed by atoms with Gasteiger partial charge in [-0.25, -0.2) is 4.98 Å². The zero-order valence-corrected chi connectivity index (χ0v) is 11.8. The van der Waals surface area contributed by atoms with Crippen LogP contribution in [-0.4, -0.2) is 18.1 Å². The lowest BCUT2D eigenvalue weighted by atomic mass is 10.1. The fourth-order valence-corrected chi connectivity index (χ4v) is 2.25. The lowest BCUT2D eigenvalue weighted by molar-refractivity contribution is 0.315. The Morgan fingerprint density at radius 2 is 1.71 bits per heavy atom. The van der Waals surface area contributed by atoms with Gasteiger partial charge in [-0.15, -0.1) is 0 Å². The van der Waals surface area contributed by atoms with Crippen molar-refractivity contribution in [2.45, 2.75) is 6.42 Å². The van der Waals surface area contributed by atoms with Gasteiger partial charge in [-0.1, -0.05) is 42.5 Å². The van der Waals surface area contributed by atoms with Gasteiger partial charge >= 0.3 is 0 Å². The van der Waals surface area contributed by atoms with E-state index >= 15 is 0 Å². The molecule has 2 aromatic carbocycles. The molecule has 0 radical (unpaired) electrons. The Morgan fingerprint density at radius 1 is 0.905 bits per heavy atom. The van der Waals surface area contributed by atoms with Gasteiger partial charge in [0.15, 0.2) is 0 Å². The second-order valence-electron chi connectivity index (χ2n) is 4.82. The number of anilines is 1. The first-order valence-electron chi connectivity index (χ1n) is 7.19. The van der Waals surface area contributed by atoms with Crippen molar-refractivity contribution in [3.63, 3.8) is 0 Å². The third kappa shape index (κ3) is 3.51. The van der Waals surface area contributed by atoms with Crippen molar-refractivity contribution in [1.29, 1.82) is 0 Å². The second kappa shape index (κ2) is 6.75. The lowest BCUT2D eigenvalue weighted by Crippen LogP contribution is -2.08. The first kappa shape index (κ1) is 13.4. The fourth-order valence-electron chi connectivity index (χ4n) is 2.25. The topological polar surface area (TPSA) is 34.1 Å². The summed E-state index contributed by atoms with van der Waals surface area (Å²) in [6, 6.07) is 20.2. The van der Waals surface area contributed by atoms with Crippen molar-refractivity contribution in [1.82, 2.24) is 4.98 Å². The summed E-state index contributed by atoms with van der Waals surface area (Å²) in [6.07, 6.45) is 2.77. The molecule has 1 N–H and O–H groups in total. The minimum absolute atomic E-state index is 0.696. The molecule has 21 heavy (non-hydrogen) atoms. The van der Waals surface area contributed by atoms with Crippen molar-refractivity contribution in [2.24, 2.45) is 0 Å². The number of para-hydroxylation sites is 1. The van der Waals surface area contributed by atoms with Crippen molar-refractivity contribution in [3.8, 4) is 5.75 Å². The number of fused-ring (bicyclic) bond motifs is 1. The maximum atomic E-state index is 5.67. The maximum Gasteiger partial charge on any atom is 0.133 e. The fraction of sp³-hybridized carbons (Fsp3) is 0.167. The van der Waals surface area contributed by atoms with Crippen molar-refractivity contribution >= 4 is 16.6 Å². The van der Waals surface area contributed by atoms with Gasteiger partial charge in [0.1, 0.15) is 11.6 Å². The van der Waals surface area contributed by atoms with Crippen LogP contribution >= 0.6 is 0 Å². The Balaban J connectivity index is 1.51. The molecule has 3 nitrogen and oxygen atoms in total. The molecule has 106 valence electrons. The van der Waals surface area contributed by atoms with Gasteiger partial charge in [-0.2, -0.15) is 0 Å². The molecule has 0 atom stereocenters. The Bertz CT molecular complexity index is 692. The van der Waals surface area contributed by atoms with E-state index in [1.54, 1.807) is 0 Å². The van der Waals surface area contributed by atoms with Crippen LogP contribution in [0.5, 0.6) is 5.75 Å². The number of rotatable bonds is 6. The van der Waals surface area contributed by atoms with Gasteiger partial charge in [0, 0.05) is 18.1 Å². The Morgan fingerprint density at radius 3 is 2.62 bits per heavy atom. The van der Waals surface area contributed by atoms with Crippen LogP contribution in [-0.2, 0) is 0 Å². The van der Waals surface area contributed by atoms with Gasteiger partial charge in [-0.3, -0.25) is 0 Å². The molecular weight excluding hydrogens is 260 g/mol. The molecule has 0 spiro atoms. The zero-order chi connectivity index (χ0) is 14.3. The average Bonchev–Trinajstić information content (AvgIpc) is 2.56. The molecular formula is C18H18N2O. The molecule has 0 unspecified atom stereocenters. The summed E-state index contributed by atoms with van der Waals surface area (Å²) in [6.45, 7) is 1.54. The Labute approximate surface area is 124 Å². The van der Waals surface area contributed by atoms with Crippen LogP contribution in [0.2, 0.25) is 0 Å². The van der Waals surface area contributed by atoms with Crippen LogP contribution in [0.4, 0.5) is 5.82 Å². The van der Waals surface area contributed by atoms with E-state index in [9.17, 15) is 0 Å². The summed E-state index contributed by atoms with van der Waals surface area (Å²) in [5.74, 6) is 1.86. The van der Waals surface area contributed by atoms with Gasteiger partial charge < -0.3 is 10.1 Å². The smallest absolute Gasteiger partial charge is 0.133 e. The number of hydrogen-bond acceptors (Lipinski definition) is 3. The van der Waals surface area contributed by atoms with Crippen molar-refractivity contribution < 1.29 is 4.74 Å². The van der Waals surface area contributed by atoms with E-state index in [4.69, 9.17) is 4.74 Å². The van der Waals surface area contributed by atoms with E-state index in [0.29, 0.717) is 6.61 Å². The van der Waals surface area contributed by atoms with Crippen molar-refractivity contribution in [3.05, 3.63) is 66.9 Å². The Kier molecular flexibility index (Phi) is 4.32.